The number of hydrogen-bond acceptors (Lipinski definition) is 3. The third-order valence-corrected chi connectivity index (χ3v) is 2.85. The molecule has 0 fully saturated rings. The number of hydrogen-bond donors (Lipinski definition) is 1. The van der Waals surface area contributed by atoms with Crippen LogP contribution in [0.3, 0.4) is 0 Å². The van der Waals surface area contributed by atoms with Gasteiger partial charge in [0.15, 0.2) is 0 Å². The molecule has 0 heterocycles. The molecule has 4 nitrogen and oxygen atoms in total. The third kappa shape index (κ3) is 7.14. The van der Waals surface area contributed by atoms with Gasteiger partial charge in [-0.3, -0.25) is 4.79 Å². The normalized spacial score (nSPS) is 10.3. The van der Waals surface area contributed by atoms with Gasteiger partial charge in [0.05, 0.1) is 19.6 Å². The molecule has 1 amide bonds. The summed E-state index contributed by atoms with van der Waals surface area (Å²) in [4.78, 5) is 11.5. The first kappa shape index (κ1) is 16.5. The Labute approximate surface area is 121 Å². The van der Waals surface area contributed by atoms with Crippen molar-refractivity contribution in [1.82, 2.24) is 5.32 Å². The van der Waals surface area contributed by atoms with Crippen LogP contribution < -0.4 is 10.1 Å². The third-order valence-electron chi connectivity index (χ3n) is 2.85. The highest BCUT2D eigenvalue weighted by Crippen LogP contribution is 2.12. The van der Waals surface area contributed by atoms with E-state index < -0.39 is 0 Å². The molecule has 0 saturated heterocycles. The second-order valence-electron chi connectivity index (χ2n) is 4.56. The zero-order chi connectivity index (χ0) is 14.6. The number of nitrogens with one attached hydrogen (secondary N) is 1. The maximum Gasteiger partial charge on any atom is 0.223 e. The summed E-state index contributed by atoms with van der Waals surface area (Å²) >= 11 is 0. The first-order valence-corrected chi connectivity index (χ1v) is 7.32. The molecule has 0 radical (unpaired) electrons. The van der Waals surface area contributed by atoms with Crippen molar-refractivity contribution in [2.75, 3.05) is 26.4 Å². The van der Waals surface area contributed by atoms with E-state index in [1.165, 1.54) is 5.56 Å². The molecule has 0 aromatic heterocycles. The molecule has 1 aromatic carbocycles. The fourth-order valence-electron chi connectivity index (χ4n) is 1.68. The summed E-state index contributed by atoms with van der Waals surface area (Å²) in [7, 11) is 0. The summed E-state index contributed by atoms with van der Waals surface area (Å²) in [6.45, 7) is 6.44. The molecule has 0 aliphatic carbocycles. The van der Waals surface area contributed by atoms with Gasteiger partial charge in [0.1, 0.15) is 5.75 Å². The van der Waals surface area contributed by atoms with Gasteiger partial charge in [-0.25, -0.2) is 0 Å². The minimum Gasteiger partial charge on any atom is -0.493 e. The Morgan fingerprint density at radius 3 is 2.50 bits per heavy atom. The molecule has 0 spiro atoms. The Hall–Kier alpha value is -1.55. The van der Waals surface area contributed by atoms with Crippen molar-refractivity contribution >= 4 is 5.91 Å². The van der Waals surface area contributed by atoms with Crippen LogP contribution in [-0.2, 0) is 16.0 Å². The zero-order valence-electron chi connectivity index (χ0n) is 12.5. The van der Waals surface area contributed by atoms with Crippen molar-refractivity contribution in [2.45, 2.75) is 33.1 Å². The van der Waals surface area contributed by atoms with Crippen LogP contribution in [0.1, 0.15) is 32.3 Å². The maximum atomic E-state index is 11.5. The van der Waals surface area contributed by atoms with Gasteiger partial charge in [0.25, 0.3) is 0 Å². The second-order valence-corrected chi connectivity index (χ2v) is 4.56. The summed E-state index contributed by atoms with van der Waals surface area (Å²) < 4.78 is 10.8. The van der Waals surface area contributed by atoms with Crippen molar-refractivity contribution in [2.24, 2.45) is 0 Å². The van der Waals surface area contributed by atoms with Crippen LogP contribution in [0.5, 0.6) is 5.75 Å². The largest absolute Gasteiger partial charge is 0.493 e. The van der Waals surface area contributed by atoms with Gasteiger partial charge in [0.2, 0.25) is 5.91 Å². The van der Waals surface area contributed by atoms with Crippen LogP contribution in [0.25, 0.3) is 0 Å². The van der Waals surface area contributed by atoms with E-state index >= 15 is 0 Å². The summed E-state index contributed by atoms with van der Waals surface area (Å²) in [5.41, 5.74) is 1.28. The van der Waals surface area contributed by atoms with Crippen LogP contribution in [0.15, 0.2) is 24.3 Å². The lowest BCUT2D eigenvalue weighted by Crippen LogP contribution is -2.28. The molecular weight excluding hydrogens is 254 g/mol. The van der Waals surface area contributed by atoms with Crippen molar-refractivity contribution in [3.05, 3.63) is 29.8 Å². The first-order chi connectivity index (χ1) is 9.76. The van der Waals surface area contributed by atoms with Gasteiger partial charge >= 0.3 is 0 Å². The molecule has 0 saturated carbocycles. The van der Waals surface area contributed by atoms with E-state index in [0.717, 1.165) is 25.2 Å². The highest BCUT2D eigenvalue weighted by molar-refractivity contribution is 5.75. The van der Waals surface area contributed by atoms with E-state index in [1.807, 2.05) is 24.3 Å². The van der Waals surface area contributed by atoms with E-state index in [-0.39, 0.29) is 5.91 Å². The molecule has 20 heavy (non-hydrogen) atoms. The molecule has 4 heteroatoms. The minimum absolute atomic E-state index is 0.00437. The fraction of sp³-hybridized carbons (Fsp3) is 0.562. The predicted molar refractivity (Wildman–Crippen MR) is 80.1 cm³/mol. The van der Waals surface area contributed by atoms with E-state index in [2.05, 4.69) is 19.2 Å². The second kappa shape index (κ2) is 10.3. The molecule has 0 bridgehead atoms. The van der Waals surface area contributed by atoms with Crippen LogP contribution in [0.2, 0.25) is 0 Å². The Balaban J connectivity index is 2.08. The highest BCUT2D eigenvalue weighted by atomic mass is 16.5. The lowest BCUT2D eigenvalue weighted by atomic mass is 10.2. The van der Waals surface area contributed by atoms with Crippen LogP contribution in [-0.4, -0.2) is 32.3 Å². The van der Waals surface area contributed by atoms with Crippen molar-refractivity contribution in [1.29, 1.82) is 0 Å². The maximum absolute atomic E-state index is 11.5. The summed E-state index contributed by atoms with van der Waals surface area (Å²) in [6, 6.07) is 7.96. The minimum atomic E-state index is -0.00437. The Kier molecular flexibility index (Phi) is 8.47. The average molecular weight is 279 g/mol. The molecule has 1 N–H and O–H groups in total. The van der Waals surface area contributed by atoms with Crippen LogP contribution in [0, 0.1) is 0 Å². The monoisotopic (exact) mass is 279 g/mol. The average Bonchev–Trinajstić information content (AvgIpc) is 2.48. The van der Waals surface area contributed by atoms with Gasteiger partial charge in [-0.2, -0.15) is 0 Å². The molecule has 1 rings (SSSR count). The zero-order valence-corrected chi connectivity index (χ0v) is 12.5. The molecule has 0 unspecified atom stereocenters. The quantitative estimate of drug-likeness (QED) is 0.670. The Bertz CT molecular complexity index is 376. The topological polar surface area (TPSA) is 47.6 Å². The molecule has 0 aliphatic heterocycles. The molecule has 112 valence electrons. The number of carbonyl (C=O) groups is 1. The fourth-order valence-corrected chi connectivity index (χ4v) is 1.68. The van der Waals surface area contributed by atoms with Crippen molar-refractivity contribution < 1.29 is 14.3 Å². The van der Waals surface area contributed by atoms with Crippen LogP contribution >= 0.6 is 0 Å². The van der Waals surface area contributed by atoms with Crippen LogP contribution in [0.4, 0.5) is 0 Å². The summed E-state index contributed by atoms with van der Waals surface area (Å²) in [5, 5.41) is 2.80. The van der Waals surface area contributed by atoms with E-state index in [9.17, 15) is 4.79 Å². The Morgan fingerprint density at radius 2 is 1.85 bits per heavy atom. The van der Waals surface area contributed by atoms with E-state index in [1.54, 1.807) is 0 Å². The summed E-state index contributed by atoms with van der Waals surface area (Å²) in [5.74, 6) is 0.802. The van der Waals surface area contributed by atoms with Crippen molar-refractivity contribution in [3.8, 4) is 5.75 Å². The Morgan fingerprint density at radius 1 is 1.10 bits per heavy atom. The number of carbonyl (C=O) groups excluding carboxylic acids is 1. The SMILES string of the molecule is CCCOCCNC(=O)CCOc1ccc(CC)cc1. The summed E-state index contributed by atoms with van der Waals surface area (Å²) in [6.07, 6.45) is 2.38. The highest BCUT2D eigenvalue weighted by Gasteiger charge is 2.01. The van der Waals surface area contributed by atoms with Gasteiger partial charge in [-0.05, 0) is 30.5 Å². The van der Waals surface area contributed by atoms with Crippen molar-refractivity contribution in [3.63, 3.8) is 0 Å². The van der Waals surface area contributed by atoms with E-state index in [0.29, 0.717) is 26.2 Å². The molecule has 0 aliphatic rings. The molecular formula is C16H25NO3. The van der Waals surface area contributed by atoms with Gasteiger partial charge in [0, 0.05) is 13.2 Å². The molecule has 0 atom stereocenters. The smallest absolute Gasteiger partial charge is 0.223 e. The number of aryl methyl sites for hydroxylation is 1. The number of ether oxygens (including phenoxy) is 2. The number of amides is 1. The lowest BCUT2D eigenvalue weighted by Gasteiger charge is -2.08. The van der Waals surface area contributed by atoms with Gasteiger partial charge in [-0.1, -0.05) is 26.0 Å². The standard InChI is InChI=1S/C16H25NO3/c1-3-11-19-13-10-17-16(18)9-12-20-15-7-5-14(4-2)6-8-15/h5-8H,3-4,9-13H2,1-2H3,(H,17,18). The number of benzene rings is 1. The predicted octanol–water partition coefficient (Wildman–Crippen LogP) is 2.56. The number of rotatable bonds is 10. The first-order valence-electron chi connectivity index (χ1n) is 7.32. The van der Waals surface area contributed by atoms with E-state index in [4.69, 9.17) is 9.47 Å². The van der Waals surface area contributed by atoms with Gasteiger partial charge < -0.3 is 14.8 Å². The molecule has 1 aromatic rings. The van der Waals surface area contributed by atoms with Gasteiger partial charge in [-0.15, -0.1) is 0 Å². The lowest BCUT2D eigenvalue weighted by molar-refractivity contribution is -0.121.